The van der Waals surface area contributed by atoms with Crippen molar-refractivity contribution >= 4 is 17.3 Å². The number of nitrogens with two attached hydrogens (primary N) is 1. The van der Waals surface area contributed by atoms with Gasteiger partial charge in [0.2, 0.25) is 5.91 Å². The highest BCUT2D eigenvalue weighted by Gasteiger charge is 2.56. The number of nitrogens with one attached hydrogen (secondary N) is 1. The first kappa shape index (κ1) is 10.6. The van der Waals surface area contributed by atoms with Gasteiger partial charge in [-0.3, -0.25) is 4.79 Å². The van der Waals surface area contributed by atoms with E-state index in [-0.39, 0.29) is 11.8 Å². The third-order valence-electron chi connectivity index (χ3n) is 4.26. The van der Waals surface area contributed by atoms with Gasteiger partial charge in [0.05, 0.1) is 11.4 Å². The second-order valence-electron chi connectivity index (χ2n) is 5.31. The Bertz CT molecular complexity index is 439. The molecule has 0 aliphatic heterocycles. The minimum absolute atomic E-state index is 0.167. The average Bonchev–Trinajstić information content (AvgIpc) is 2.78. The minimum atomic E-state index is 0.167. The van der Waals surface area contributed by atoms with E-state index in [1.807, 2.05) is 25.1 Å². The molecule has 3 heteroatoms. The zero-order valence-electron chi connectivity index (χ0n) is 10.1. The lowest BCUT2D eigenvalue weighted by atomic mass is 10.1. The number of fused-ring (bicyclic) bond motifs is 1. The number of amides is 1. The fraction of sp³-hybridized carbons (Fsp3) is 0.500. The highest BCUT2D eigenvalue weighted by atomic mass is 16.2. The zero-order valence-corrected chi connectivity index (χ0v) is 10.1. The van der Waals surface area contributed by atoms with Gasteiger partial charge in [0.1, 0.15) is 0 Å². The van der Waals surface area contributed by atoms with Crippen molar-refractivity contribution in [3.8, 4) is 0 Å². The number of benzene rings is 1. The van der Waals surface area contributed by atoms with Gasteiger partial charge in [-0.05, 0) is 43.2 Å². The smallest absolute Gasteiger partial charge is 0.228 e. The van der Waals surface area contributed by atoms with Crippen molar-refractivity contribution in [3.05, 3.63) is 23.8 Å². The van der Waals surface area contributed by atoms with Gasteiger partial charge < -0.3 is 11.1 Å². The van der Waals surface area contributed by atoms with Crippen LogP contribution in [0.1, 0.15) is 24.8 Å². The molecule has 3 rings (SSSR count). The molecule has 2 fully saturated rings. The fourth-order valence-corrected chi connectivity index (χ4v) is 3.28. The normalized spacial score (nSPS) is 29.8. The number of hydrogen-bond donors (Lipinski definition) is 2. The summed E-state index contributed by atoms with van der Waals surface area (Å²) < 4.78 is 0. The van der Waals surface area contributed by atoms with Crippen molar-refractivity contribution in [2.24, 2.45) is 17.8 Å². The summed E-state index contributed by atoms with van der Waals surface area (Å²) in [4.78, 5) is 12.1. The van der Waals surface area contributed by atoms with Crippen molar-refractivity contribution in [1.29, 1.82) is 0 Å². The first-order valence-corrected chi connectivity index (χ1v) is 6.34. The van der Waals surface area contributed by atoms with Crippen LogP contribution in [-0.2, 0) is 4.79 Å². The van der Waals surface area contributed by atoms with E-state index in [0.717, 1.165) is 11.3 Å². The van der Waals surface area contributed by atoms with E-state index in [2.05, 4.69) is 5.32 Å². The largest absolute Gasteiger partial charge is 0.397 e. The topological polar surface area (TPSA) is 55.1 Å². The Balaban J connectivity index is 1.73. The maximum atomic E-state index is 12.1. The molecule has 1 aromatic rings. The molecular weight excluding hydrogens is 212 g/mol. The standard InChI is InChI=1S/C14H18N2O/c1-8-4-2-7-11(15)13(8)16-14(17)12-9-5-3-6-10(9)12/h2,4,7,9-10,12H,3,5-6,15H2,1H3,(H,16,17). The molecule has 0 heterocycles. The second-order valence-corrected chi connectivity index (χ2v) is 5.31. The van der Waals surface area contributed by atoms with Gasteiger partial charge in [0, 0.05) is 5.92 Å². The van der Waals surface area contributed by atoms with Crippen molar-refractivity contribution in [3.63, 3.8) is 0 Å². The first-order chi connectivity index (χ1) is 8.18. The Morgan fingerprint density at radius 3 is 2.71 bits per heavy atom. The van der Waals surface area contributed by atoms with Crippen LogP contribution < -0.4 is 11.1 Å². The summed E-state index contributed by atoms with van der Waals surface area (Å²) in [7, 11) is 0. The molecule has 1 aromatic carbocycles. The van der Waals surface area contributed by atoms with Crippen molar-refractivity contribution < 1.29 is 4.79 Å². The van der Waals surface area contributed by atoms with Gasteiger partial charge in [-0.15, -0.1) is 0 Å². The molecule has 0 aromatic heterocycles. The minimum Gasteiger partial charge on any atom is -0.397 e. The Labute approximate surface area is 101 Å². The maximum absolute atomic E-state index is 12.1. The van der Waals surface area contributed by atoms with E-state index in [1.165, 1.54) is 19.3 Å². The van der Waals surface area contributed by atoms with E-state index in [1.54, 1.807) is 0 Å². The highest BCUT2D eigenvalue weighted by molar-refractivity contribution is 5.98. The molecule has 1 amide bonds. The highest BCUT2D eigenvalue weighted by Crippen LogP contribution is 2.57. The summed E-state index contributed by atoms with van der Waals surface area (Å²) in [6, 6.07) is 5.71. The number of para-hydroxylation sites is 1. The quantitative estimate of drug-likeness (QED) is 0.767. The number of aryl methyl sites for hydroxylation is 1. The number of rotatable bonds is 2. The van der Waals surface area contributed by atoms with Gasteiger partial charge in [-0.1, -0.05) is 18.6 Å². The molecule has 3 N–H and O–H groups in total. The van der Waals surface area contributed by atoms with Crippen LogP contribution in [0.4, 0.5) is 11.4 Å². The van der Waals surface area contributed by atoms with E-state index >= 15 is 0 Å². The van der Waals surface area contributed by atoms with E-state index in [9.17, 15) is 4.79 Å². The monoisotopic (exact) mass is 230 g/mol. The molecule has 0 spiro atoms. The molecule has 17 heavy (non-hydrogen) atoms. The molecule has 2 unspecified atom stereocenters. The Hall–Kier alpha value is -1.51. The molecule has 0 bridgehead atoms. The molecule has 0 radical (unpaired) electrons. The zero-order chi connectivity index (χ0) is 12.0. The van der Waals surface area contributed by atoms with Gasteiger partial charge in [-0.25, -0.2) is 0 Å². The number of nitrogen functional groups attached to an aromatic ring is 1. The number of anilines is 2. The number of carbonyl (C=O) groups excluding carboxylic acids is 1. The summed E-state index contributed by atoms with van der Waals surface area (Å²) in [5.74, 6) is 1.73. The van der Waals surface area contributed by atoms with Gasteiger partial charge >= 0.3 is 0 Å². The van der Waals surface area contributed by atoms with E-state index in [4.69, 9.17) is 5.73 Å². The molecule has 2 atom stereocenters. The molecule has 2 saturated carbocycles. The van der Waals surface area contributed by atoms with Crippen LogP contribution >= 0.6 is 0 Å². The molecule has 2 aliphatic carbocycles. The van der Waals surface area contributed by atoms with Gasteiger partial charge in [0.15, 0.2) is 0 Å². The summed E-state index contributed by atoms with van der Waals surface area (Å²) in [5, 5.41) is 3.01. The average molecular weight is 230 g/mol. The number of hydrogen-bond acceptors (Lipinski definition) is 2. The van der Waals surface area contributed by atoms with Crippen LogP contribution in [0.2, 0.25) is 0 Å². The van der Waals surface area contributed by atoms with Crippen LogP contribution in [0.25, 0.3) is 0 Å². The molecule has 2 aliphatic rings. The van der Waals surface area contributed by atoms with Crippen LogP contribution in [0.3, 0.4) is 0 Å². The van der Waals surface area contributed by atoms with E-state index < -0.39 is 0 Å². The fourth-order valence-electron chi connectivity index (χ4n) is 3.28. The molecule has 90 valence electrons. The summed E-state index contributed by atoms with van der Waals surface area (Å²) in [6.45, 7) is 1.97. The lowest BCUT2D eigenvalue weighted by Gasteiger charge is -2.11. The Morgan fingerprint density at radius 2 is 2.06 bits per heavy atom. The number of carbonyl (C=O) groups is 1. The van der Waals surface area contributed by atoms with Crippen LogP contribution in [0, 0.1) is 24.7 Å². The third kappa shape index (κ3) is 1.70. The Morgan fingerprint density at radius 1 is 1.35 bits per heavy atom. The summed E-state index contributed by atoms with van der Waals surface area (Å²) in [5.41, 5.74) is 8.37. The predicted octanol–water partition coefficient (Wildman–Crippen LogP) is 2.56. The third-order valence-corrected chi connectivity index (χ3v) is 4.26. The lowest BCUT2D eigenvalue weighted by molar-refractivity contribution is -0.118. The van der Waals surface area contributed by atoms with Crippen molar-refractivity contribution in [2.75, 3.05) is 11.1 Å². The van der Waals surface area contributed by atoms with Crippen molar-refractivity contribution in [2.45, 2.75) is 26.2 Å². The molecule has 0 saturated heterocycles. The lowest BCUT2D eigenvalue weighted by Crippen LogP contribution is -2.18. The first-order valence-electron chi connectivity index (χ1n) is 6.34. The molecule has 3 nitrogen and oxygen atoms in total. The van der Waals surface area contributed by atoms with Crippen LogP contribution in [0.5, 0.6) is 0 Å². The van der Waals surface area contributed by atoms with Crippen LogP contribution in [-0.4, -0.2) is 5.91 Å². The summed E-state index contributed by atoms with van der Waals surface area (Å²) >= 11 is 0. The second kappa shape index (κ2) is 3.76. The predicted molar refractivity (Wildman–Crippen MR) is 68.5 cm³/mol. The van der Waals surface area contributed by atoms with Crippen LogP contribution in [0.15, 0.2) is 18.2 Å². The molecular formula is C14H18N2O. The van der Waals surface area contributed by atoms with Crippen molar-refractivity contribution in [1.82, 2.24) is 0 Å². The van der Waals surface area contributed by atoms with Gasteiger partial charge in [0.25, 0.3) is 0 Å². The Kier molecular flexibility index (Phi) is 2.35. The maximum Gasteiger partial charge on any atom is 0.228 e. The van der Waals surface area contributed by atoms with Gasteiger partial charge in [-0.2, -0.15) is 0 Å². The summed E-state index contributed by atoms with van der Waals surface area (Å²) in [6.07, 6.45) is 3.75. The van der Waals surface area contributed by atoms with E-state index in [0.29, 0.717) is 17.5 Å². The SMILES string of the molecule is Cc1cccc(N)c1NC(=O)C1C2CCCC21.